The fraction of sp³-hybridized carbons (Fsp3) is 0.0588. The summed E-state index contributed by atoms with van der Waals surface area (Å²) in [7, 11) is -2.60. The zero-order valence-corrected chi connectivity index (χ0v) is 14.9. The van der Waals surface area contributed by atoms with Crippen molar-refractivity contribution in [2.45, 2.75) is 0 Å². The zero-order valence-electron chi connectivity index (χ0n) is 14.1. The molecule has 0 atom stereocenters. The molecular formula is C17H15N3O6S. The Hall–Kier alpha value is -3.53. The van der Waals surface area contributed by atoms with Crippen molar-refractivity contribution >= 4 is 39.0 Å². The number of aromatic nitrogens is 1. The van der Waals surface area contributed by atoms with E-state index in [4.69, 9.17) is 9.15 Å². The summed E-state index contributed by atoms with van der Waals surface area (Å²) in [6, 6.07) is 10.9. The molecule has 1 heterocycles. The number of hydrogen-bond acceptors (Lipinski definition) is 6. The fourth-order valence-corrected chi connectivity index (χ4v) is 3.08. The second kappa shape index (κ2) is 7.38. The molecule has 9 nitrogen and oxygen atoms in total. The molecule has 140 valence electrons. The summed E-state index contributed by atoms with van der Waals surface area (Å²) < 4.78 is 37.9. The lowest BCUT2D eigenvalue weighted by Crippen LogP contribution is -2.34. The number of anilines is 1. The number of carbonyl (C=O) groups excluding carboxylic acids is 1. The summed E-state index contributed by atoms with van der Waals surface area (Å²) in [4.78, 5) is 25.5. The smallest absolute Gasteiger partial charge is 0.417 e. The Morgan fingerprint density at radius 2 is 1.93 bits per heavy atom. The van der Waals surface area contributed by atoms with E-state index in [1.165, 1.54) is 25.3 Å². The van der Waals surface area contributed by atoms with E-state index in [2.05, 4.69) is 9.71 Å². The lowest BCUT2D eigenvalue weighted by atomic mass is 10.2. The van der Waals surface area contributed by atoms with Crippen molar-refractivity contribution in [3.63, 3.8) is 0 Å². The van der Waals surface area contributed by atoms with Gasteiger partial charge in [-0.1, -0.05) is 6.07 Å². The van der Waals surface area contributed by atoms with Crippen molar-refractivity contribution < 1.29 is 22.4 Å². The lowest BCUT2D eigenvalue weighted by molar-refractivity contribution is -0.114. The number of benzene rings is 2. The third-order valence-electron chi connectivity index (χ3n) is 3.45. The molecule has 1 aromatic heterocycles. The molecule has 0 saturated carbocycles. The van der Waals surface area contributed by atoms with Gasteiger partial charge in [-0.2, -0.15) is 8.42 Å². The van der Waals surface area contributed by atoms with Crippen LogP contribution in [-0.4, -0.2) is 26.4 Å². The number of rotatable bonds is 6. The highest BCUT2D eigenvalue weighted by molar-refractivity contribution is 7.91. The summed E-state index contributed by atoms with van der Waals surface area (Å²) in [6.45, 7) is 0. The van der Waals surface area contributed by atoms with Gasteiger partial charge in [-0.15, -0.1) is 0 Å². The average molecular weight is 389 g/mol. The number of methoxy groups -OCH3 is 1. The van der Waals surface area contributed by atoms with E-state index in [1.807, 2.05) is 4.72 Å². The predicted octanol–water partition coefficient (Wildman–Crippen LogP) is 1.62. The molecule has 0 radical (unpaired) electrons. The maximum absolute atomic E-state index is 12.0. The minimum absolute atomic E-state index is 0.273. The molecule has 10 heteroatoms. The number of H-pyrrole nitrogens is 1. The number of nitrogens with one attached hydrogen (secondary N) is 3. The van der Waals surface area contributed by atoms with Crippen LogP contribution in [0.5, 0.6) is 5.75 Å². The second-order valence-electron chi connectivity index (χ2n) is 5.40. The van der Waals surface area contributed by atoms with Gasteiger partial charge in [0, 0.05) is 6.08 Å². The Morgan fingerprint density at radius 3 is 2.63 bits per heavy atom. The highest BCUT2D eigenvalue weighted by Gasteiger charge is 2.12. The van der Waals surface area contributed by atoms with E-state index in [-0.39, 0.29) is 5.69 Å². The molecule has 2 aromatic carbocycles. The van der Waals surface area contributed by atoms with Crippen molar-refractivity contribution in [3.8, 4) is 5.75 Å². The third kappa shape index (κ3) is 4.76. The molecule has 3 rings (SSSR count). The van der Waals surface area contributed by atoms with Crippen LogP contribution in [0.25, 0.3) is 17.2 Å². The molecule has 0 aliphatic carbocycles. The summed E-state index contributed by atoms with van der Waals surface area (Å²) in [6.07, 6.45) is 2.47. The van der Waals surface area contributed by atoms with Crippen molar-refractivity contribution in [1.82, 2.24) is 9.71 Å². The van der Waals surface area contributed by atoms with Crippen molar-refractivity contribution in [1.29, 1.82) is 0 Å². The Bertz CT molecular complexity index is 1160. The van der Waals surface area contributed by atoms with Gasteiger partial charge in [0.15, 0.2) is 5.58 Å². The fourth-order valence-electron chi connectivity index (χ4n) is 2.25. The number of hydrogen-bond donors (Lipinski definition) is 3. The Labute approximate surface area is 153 Å². The van der Waals surface area contributed by atoms with Crippen LogP contribution in [0.15, 0.2) is 57.8 Å². The molecular weight excluding hydrogens is 374 g/mol. The molecule has 0 bridgehead atoms. The van der Waals surface area contributed by atoms with Gasteiger partial charge in [-0.05, 0) is 48.0 Å². The van der Waals surface area contributed by atoms with E-state index < -0.39 is 21.9 Å². The first-order valence-electron chi connectivity index (χ1n) is 7.64. The van der Waals surface area contributed by atoms with E-state index in [0.29, 0.717) is 22.4 Å². The van der Waals surface area contributed by atoms with E-state index in [0.717, 1.165) is 6.08 Å². The first kappa shape index (κ1) is 18.3. The van der Waals surface area contributed by atoms with Crippen LogP contribution >= 0.6 is 0 Å². The van der Waals surface area contributed by atoms with E-state index >= 15 is 0 Å². The van der Waals surface area contributed by atoms with Gasteiger partial charge >= 0.3 is 16.0 Å². The molecule has 0 aliphatic rings. The van der Waals surface area contributed by atoms with Gasteiger partial charge in [-0.25, -0.2) is 9.52 Å². The summed E-state index contributed by atoms with van der Waals surface area (Å²) in [5.41, 5.74) is 1.70. The largest absolute Gasteiger partial charge is 0.497 e. The topological polar surface area (TPSA) is 130 Å². The van der Waals surface area contributed by atoms with Crippen molar-refractivity contribution in [2.75, 3.05) is 11.8 Å². The molecule has 0 saturated heterocycles. The maximum atomic E-state index is 12.0. The van der Waals surface area contributed by atoms with Crippen LogP contribution in [0.1, 0.15) is 5.56 Å². The van der Waals surface area contributed by atoms with Gasteiger partial charge in [0.25, 0.3) is 5.91 Å². The molecule has 1 amide bonds. The van der Waals surface area contributed by atoms with Crippen LogP contribution in [0, 0.1) is 0 Å². The normalized spacial score (nSPS) is 11.6. The SMILES string of the molecule is COc1ccc(NS(=O)(=O)NC(=O)C=Cc2ccc3oc(=O)[nH]c3c2)cc1. The van der Waals surface area contributed by atoms with E-state index in [1.54, 1.807) is 30.3 Å². The molecule has 0 unspecified atom stereocenters. The second-order valence-corrected chi connectivity index (χ2v) is 6.82. The van der Waals surface area contributed by atoms with Crippen LogP contribution in [0.2, 0.25) is 0 Å². The molecule has 27 heavy (non-hydrogen) atoms. The first-order valence-corrected chi connectivity index (χ1v) is 9.12. The summed E-state index contributed by atoms with van der Waals surface area (Å²) in [5.74, 6) is -0.850. The molecule has 3 aromatic rings. The predicted molar refractivity (Wildman–Crippen MR) is 99.5 cm³/mol. The third-order valence-corrected chi connectivity index (χ3v) is 4.42. The quantitative estimate of drug-likeness (QED) is 0.549. The number of oxazole rings is 1. The number of carbonyl (C=O) groups is 1. The van der Waals surface area contributed by atoms with Gasteiger partial charge in [0.1, 0.15) is 5.75 Å². The molecule has 0 fully saturated rings. The summed E-state index contributed by atoms with van der Waals surface area (Å²) >= 11 is 0. The van der Waals surface area contributed by atoms with Crippen LogP contribution in [0.3, 0.4) is 0 Å². The highest BCUT2D eigenvalue weighted by Crippen LogP contribution is 2.16. The number of fused-ring (bicyclic) bond motifs is 1. The van der Waals surface area contributed by atoms with Crippen molar-refractivity contribution in [2.24, 2.45) is 0 Å². The minimum Gasteiger partial charge on any atom is -0.497 e. The van der Waals surface area contributed by atoms with Gasteiger partial charge in [0.05, 0.1) is 18.3 Å². The Balaban J connectivity index is 1.65. The molecule has 0 aliphatic heterocycles. The van der Waals surface area contributed by atoms with Crippen LogP contribution < -0.4 is 19.9 Å². The van der Waals surface area contributed by atoms with E-state index in [9.17, 15) is 18.0 Å². The standard InChI is InChI=1S/C17H15N3O6S/c1-25-13-6-4-12(5-7-13)19-27(23,24)20-16(21)9-3-11-2-8-15-14(10-11)18-17(22)26-15/h2-10,19H,1H3,(H,18,22)(H,20,21). The van der Waals surface area contributed by atoms with Crippen molar-refractivity contribution in [3.05, 3.63) is 64.7 Å². The van der Waals surface area contributed by atoms with Crippen LogP contribution in [-0.2, 0) is 15.0 Å². The highest BCUT2D eigenvalue weighted by atomic mass is 32.2. The monoisotopic (exact) mass is 389 g/mol. The Morgan fingerprint density at radius 1 is 1.19 bits per heavy atom. The first-order chi connectivity index (χ1) is 12.8. The van der Waals surface area contributed by atoms with Gasteiger partial charge < -0.3 is 9.15 Å². The Kier molecular flexibility index (Phi) is 4.99. The minimum atomic E-state index is -4.09. The molecule has 3 N–H and O–H groups in total. The average Bonchev–Trinajstić information content (AvgIpc) is 2.99. The zero-order chi connectivity index (χ0) is 19.4. The van der Waals surface area contributed by atoms with Gasteiger partial charge in [-0.3, -0.25) is 14.5 Å². The number of aromatic amines is 1. The summed E-state index contributed by atoms with van der Waals surface area (Å²) in [5, 5.41) is 0. The molecule has 0 spiro atoms. The number of amides is 1. The maximum Gasteiger partial charge on any atom is 0.417 e. The lowest BCUT2D eigenvalue weighted by Gasteiger charge is -2.08. The van der Waals surface area contributed by atoms with Crippen LogP contribution in [0.4, 0.5) is 5.69 Å². The van der Waals surface area contributed by atoms with Gasteiger partial charge in [0.2, 0.25) is 0 Å². The number of ether oxygens (including phenoxy) is 1.